The molecule has 1 atom stereocenters. The maximum Gasteiger partial charge on any atom is 0.219 e. The van der Waals surface area contributed by atoms with Crippen molar-refractivity contribution in [2.45, 2.75) is 39.3 Å². The monoisotopic (exact) mass is 171 g/mol. The Morgan fingerprint density at radius 3 is 2.33 bits per heavy atom. The van der Waals surface area contributed by atoms with Gasteiger partial charge in [0, 0.05) is 19.0 Å². The number of epoxide rings is 1. The maximum absolute atomic E-state index is 11.2. The second-order valence-electron chi connectivity index (χ2n) is 4.26. The number of ether oxygens (including phenoxy) is 1. The number of rotatable bonds is 2. The Morgan fingerprint density at radius 1 is 1.58 bits per heavy atom. The molecule has 1 rings (SSSR count). The van der Waals surface area contributed by atoms with Crippen molar-refractivity contribution in [3.8, 4) is 0 Å². The number of amides is 1. The Hall–Kier alpha value is -0.570. The van der Waals surface area contributed by atoms with Crippen molar-refractivity contribution in [2.75, 3.05) is 13.2 Å². The first-order chi connectivity index (χ1) is 5.41. The number of carbonyl (C=O) groups is 1. The number of hydrogen-bond acceptors (Lipinski definition) is 2. The fraction of sp³-hybridized carbons (Fsp3) is 0.889. The third-order valence-electron chi connectivity index (χ3n) is 1.98. The van der Waals surface area contributed by atoms with Crippen molar-refractivity contribution in [3.63, 3.8) is 0 Å². The lowest BCUT2D eigenvalue weighted by molar-refractivity contribution is -0.133. The van der Waals surface area contributed by atoms with Crippen LogP contribution in [0.3, 0.4) is 0 Å². The molecule has 0 aromatic rings. The summed E-state index contributed by atoms with van der Waals surface area (Å²) in [5.74, 6) is 0.123. The van der Waals surface area contributed by atoms with Crippen LogP contribution in [0.2, 0.25) is 0 Å². The van der Waals surface area contributed by atoms with Gasteiger partial charge < -0.3 is 9.64 Å². The summed E-state index contributed by atoms with van der Waals surface area (Å²) in [6.07, 6.45) is 0.285. The summed E-state index contributed by atoms with van der Waals surface area (Å²) in [6, 6.07) is 0. The molecule has 0 radical (unpaired) electrons. The zero-order valence-electron chi connectivity index (χ0n) is 8.26. The fourth-order valence-electron chi connectivity index (χ4n) is 1.25. The molecule has 1 saturated heterocycles. The van der Waals surface area contributed by atoms with E-state index < -0.39 is 0 Å². The summed E-state index contributed by atoms with van der Waals surface area (Å²) in [7, 11) is 0. The molecule has 12 heavy (non-hydrogen) atoms. The van der Waals surface area contributed by atoms with E-state index >= 15 is 0 Å². The molecule has 0 aliphatic carbocycles. The summed E-state index contributed by atoms with van der Waals surface area (Å²) in [4.78, 5) is 13.1. The van der Waals surface area contributed by atoms with Crippen LogP contribution in [0.5, 0.6) is 0 Å². The molecule has 1 aliphatic heterocycles. The van der Waals surface area contributed by atoms with Crippen LogP contribution in [-0.2, 0) is 9.53 Å². The highest BCUT2D eigenvalue weighted by molar-refractivity contribution is 5.74. The first-order valence-corrected chi connectivity index (χ1v) is 4.31. The number of nitrogens with zero attached hydrogens (tertiary/aromatic N) is 1. The molecule has 0 aromatic heterocycles. The molecule has 0 spiro atoms. The van der Waals surface area contributed by atoms with Gasteiger partial charge in [0.25, 0.3) is 0 Å². The Balaban J connectivity index is 2.53. The van der Waals surface area contributed by atoms with Crippen molar-refractivity contribution in [2.24, 2.45) is 0 Å². The summed E-state index contributed by atoms with van der Waals surface area (Å²) in [5, 5.41) is 0. The van der Waals surface area contributed by atoms with Crippen molar-refractivity contribution in [1.29, 1.82) is 0 Å². The lowest BCUT2D eigenvalue weighted by Crippen LogP contribution is -2.46. The van der Waals surface area contributed by atoms with Gasteiger partial charge in [-0.1, -0.05) is 0 Å². The molecule has 0 saturated carbocycles. The van der Waals surface area contributed by atoms with E-state index in [1.54, 1.807) is 6.92 Å². The molecule has 1 amide bonds. The van der Waals surface area contributed by atoms with E-state index in [0.29, 0.717) is 0 Å². The topological polar surface area (TPSA) is 32.8 Å². The lowest BCUT2D eigenvalue weighted by Gasteiger charge is -2.34. The second-order valence-corrected chi connectivity index (χ2v) is 4.26. The van der Waals surface area contributed by atoms with Gasteiger partial charge in [-0.25, -0.2) is 0 Å². The molecule has 0 N–H and O–H groups in total. The van der Waals surface area contributed by atoms with Gasteiger partial charge in [0.2, 0.25) is 5.91 Å². The zero-order valence-corrected chi connectivity index (χ0v) is 8.26. The molecule has 70 valence electrons. The third kappa shape index (κ3) is 2.48. The van der Waals surface area contributed by atoms with Crippen LogP contribution in [-0.4, -0.2) is 35.6 Å². The Kier molecular flexibility index (Phi) is 2.42. The lowest BCUT2D eigenvalue weighted by atomic mass is 10.1. The van der Waals surface area contributed by atoms with Crippen LogP contribution >= 0.6 is 0 Å². The summed E-state index contributed by atoms with van der Waals surface area (Å²) in [5.41, 5.74) is -0.0855. The minimum atomic E-state index is -0.0855. The minimum absolute atomic E-state index is 0.0855. The molecule has 0 unspecified atom stereocenters. The average molecular weight is 171 g/mol. The van der Waals surface area contributed by atoms with Crippen LogP contribution in [0.4, 0.5) is 0 Å². The van der Waals surface area contributed by atoms with E-state index in [-0.39, 0.29) is 17.6 Å². The van der Waals surface area contributed by atoms with Gasteiger partial charge in [0.1, 0.15) is 0 Å². The highest BCUT2D eigenvalue weighted by Crippen LogP contribution is 2.18. The predicted octanol–water partition coefficient (Wildman–Crippen LogP) is 1.03. The third-order valence-corrected chi connectivity index (χ3v) is 1.98. The highest BCUT2D eigenvalue weighted by atomic mass is 16.6. The van der Waals surface area contributed by atoms with Crippen LogP contribution in [0.15, 0.2) is 0 Å². The summed E-state index contributed by atoms with van der Waals surface area (Å²) >= 11 is 0. The molecule has 1 fully saturated rings. The molecule has 0 bridgehead atoms. The molecule has 3 heteroatoms. The standard InChI is InChI=1S/C9H17NO2/c1-7(11)10(9(2,3)4)5-8-6-12-8/h8H,5-6H2,1-4H3/t8-/m0/s1. The van der Waals surface area contributed by atoms with Gasteiger partial charge in [-0.15, -0.1) is 0 Å². The molecular formula is C9H17NO2. The van der Waals surface area contributed by atoms with Crippen molar-refractivity contribution >= 4 is 5.91 Å². The van der Waals surface area contributed by atoms with Gasteiger partial charge >= 0.3 is 0 Å². The van der Waals surface area contributed by atoms with Crippen molar-refractivity contribution in [1.82, 2.24) is 4.90 Å². The largest absolute Gasteiger partial charge is 0.371 e. The Morgan fingerprint density at radius 2 is 2.08 bits per heavy atom. The molecule has 3 nitrogen and oxygen atoms in total. The van der Waals surface area contributed by atoms with E-state index in [1.165, 1.54) is 0 Å². The normalized spacial score (nSPS) is 22.2. The van der Waals surface area contributed by atoms with Crippen LogP contribution in [0, 0.1) is 0 Å². The van der Waals surface area contributed by atoms with E-state index in [1.807, 2.05) is 25.7 Å². The van der Waals surface area contributed by atoms with E-state index in [9.17, 15) is 4.79 Å². The van der Waals surface area contributed by atoms with E-state index in [4.69, 9.17) is 4.74 Å². The molecular weight excluding hydrogens is 154 g/mol. The maximum atomic E-state index is 11.2. The van der Waals surface area contributed by atoms with Gasteiger partial charge in [0.05, 0.1) is 12.7 Å². The number of hydrogen-bond donors (Lipinski definition) is 0. The smallest absolute Gasteiger partial charge is 0.219 e. The van der Waals surface area contributed by atoms with Crippen LogP contribution in [0.25, 0.3) is 0 Å². The van der Waals surface area contributed by atoms with Crippen molar-refractivity contribution in [3.05, 3.63) is 0 Å². The average Bonchev–Trinajstić information content (AvgIpc) is 2.61. The first-order valence-electron chi connectivity index (χ1n) is 4.31. The van der Waals surface area contributed by atoms with Gasteiger partial charge in [0.15, 0.2) is 0 Å². The first kappa shape index (κ1) is 9.52. The fourth-order valence-corrected chi connectivity index (χ4v) is 1.25. The predicted molar refractivity (Wildman–Crippen MR) is 46.9 cm³/mol. The quantitative estimate of drug-likeness (QED) is 0.581. The Labute approximate surface area is 73.7 Å². The molecule has 0 aromatic carbocycles. The second kappa shape index (κ2) is 3.05. The van der Waals surface area contributed by atoms with Crippen LogP contribution < -0.4 is 0 Å². The van der Waals surface area contributed by atoms with Crippen molar-refractivity contribution < 1.29 is 9.53 Å². The molecule has 1 heterocycles. The van der Waals surface area contributed by atoms with Crippen LogP contribution in [0.1, 0.15) is 27.7 Å². The summed E-state index contributed by atoms with van der Waals surface area (Å²) in [6.45, 7) is 9.26. The highest BCUT2D eigenvalue weighted by Gasteiger charge is 2.32. The minimum Gasteiger partial charge on any atom is -0.371 e. The van der Waals surface area contributed by atoms with Gasteiger partial charge in [-0.05, 0) is 20.8 Å². The van der Waals surface area contributed by atoms with E-state index in [2.05, 4.69) is 0 Å². The number of carbonyl (C=O) groups excluding carboxylic acids is 1. The summed E-state index contributed by atoms with van der Waals surface area (Å²) < 4.78 is 5.09. The Bertz CT molecular complexity index is 179. The SMILES string of the molecule is CC(=O)N(C[C@H]1CO1)C(C)(C)C. The van der Waals surface area contributed by atoms with E-state index in [0.717, 1.165) is 13.2 Å². The zero-order chi connectivity index (χ0) is 9.35. The van der Waals surface area contributed by atoms with Gasteiger partial charge in [-0.2, -0.15) is 0 Å². The van der Waals surface area contributed by atoms with Gasteiger partial charge in [-0.3, -0.25) is 4.79 Å². The molecule has 1 aliphatic rings.